The van der Waals surface area contributed by atoms with Crippen molar-refractivity contribution in [3.8, 4) is 16.9 Å². The average molecular weight is 584 g/mol. The molecular weight excluding hydrogens is 550 g/mol. The van der Waals surface area contributed by atoms with Crippen molar-refractivity contribution >= 4 is 17.4 Å². The number of carboxylic acid groups (broad SMARTS) is 1. The quantitative estimate of drug-likeness (QED) is 0.244. The zero-order valence-corrected chi connectivity index (χ0v) is 23.6. The first-order chi connectivity index (χ1) is 19.9. The van der Waals surface area contributed by atoms with E-state index in [1.165, 1.54) is 30.3 Å². The molecule has 222 valence electrons. The lowest BCUT2D eigenvalue weighted by molar-refractivity contribution is -0.139. The monoisotopic (exact) mass is 583 g/mol. The average Bonchev–Trinajstić information content (AvgIpc) is 3.20. The number of phenolic OH excluding ortho intramolecular Hbond substituents is 1. The van der Waals surface area contributed by atoms with Crippen LogP contribution in [0.25, 0.3) is 16.7 Å². The molecule has 42 heavy (non-hydrogen) atoms. The highest BCUT2D eigenvalue weighted by Gasteiger charge is 2.30. The number of carbonyl (C=O) groups is 2. The number of aliphatic carboxylic acids is 1. The van der Waals surface area contributed by atoms with Gasteiger partial charge in [0.2, 0.25) is 0 Å². The van der Waals surface area contributed by atoms with Crippen molar-refractivity contribution in [3.05, 3.63) is 106 Å². The molecule has 3 aromatic rings. The van der Waals surface area contributed by atoms with Crippen LogP contribution in [0.15, 0.2) is 78.4 Å². The number of amides is 1. The van der Waals surface area contributed by atoms with E-state index in [2.05, 4.69) is 5.32 Å². The summed E-state index contributed by atoms with van der Waals surface area (Å²) in [6, 6.07) is 12.5. The normalized spacial score (nSPS) is 14.0. The van der Waals surface area contributed by atoms with E-state index in [0.717, 1.165) is 17.7 Å². The smallest absolute Gasteiger partial charge is 0.416 e. The lowest BCUT2D eigenvalue weighted by Gasteiger charge is -2.17. The van der Waals surface area contributed by atoms with Gasteiger partial charge in [0, 0.05) is 0 Å². The second kappa shape index (κ2) is 14.0. The van der Waals surface area contributed by atoms with Gasteiger partial charge in [-0.2, -0.15) is 13.2 Å². The zero-order valence-electron chi connectivity index (χ0n) is 23.6. The summed E-state index contributed by atoms with van der Waals surface area (Å²) >= 11 is 0. The molecule has 3 N–H and O–H groups in total. The molecule has 0 heterocycles. The molecule has 0 spiro atoms. The van der Waals surface area contributed by atoms with Gasteiger partial charge in [-0.05, 0) is 96.8 Å². The molecule has 1 amide bonds. The van der Waals surface area contributed by atoms with Crippen LogP contribution in [0.4, 0.5) is 17.6 Å². The number of carboxylic acids is 1. The van der Waals surface area contributed by atoms with E-state index < -0.39 is 29.7 Å². The number of carbonyl (C=O) groups excluding carboxylic acids is 1. The van der Waals surface area contributed by atoms with Crippen LogP contribution in [-0.4, -0.2) is 28.1 Å². The van der Waals surface area contributed by atoms with E-state index in [-0.39, 0.29) is 23.6 Å². The summed E-state index contributed by atoms with van der Waals surface area (Å²) in [4.78, 5) is 25.1. The maximum absolute atomic E-state index is 13.7. The van der Waals surface area contributed by atoms with Crippen LogP contribution >= 0.6 is 0 Å². The van der Waals surface area contributed by atoms with E-state index in [4.69, 9.17) is 0 Å². The summed E-state index contributed by atoms with van der Waals surface area (Å²) in [6.45, 7) is 5.60. The fourth-order valence-electron chi connectivity index (χ4n) is 4.62. The molecule has 1 unspecified atom stereocenters. The third-order valence-electron chi connectivity index (χ3n) is 6.83. The second-order valence-corrected chi connectivity index (χ2v) is 9.71. The first-order valence-corrected chi connectivity index (χ1v) is 13.6. The van der Waals surface area contributed by atoms with Crippen molar-refractivity contribution in [2.75, 3.05) is 0 Å². The van der Waals surface area contributed by atoms with Gasteiger partial charge in [-0.15, -0.1) is 0 Å². The van der Waals surface area contributed by atoms with Gasteiger partial charge < -0.3 is 15.5 Å². The highest BCUT2D eigenvalue weighted by molar-refractivity contribution is 6.00. The number of hydrogen-bond donors (Lipinski definition) is 3. The van der Waals surface area contributed by atoms with Gasteiger partial charge in [0.1, 0.15) is 17.6 Å². The molecule has 1 atom stereocenters. The standard InChI is InChI=1S/C31H27F4NO4.C2H6/c1-18-14-22(10-12-26(18)32)23-11-13-28(37)25(17-23)29(38)36-27(30(39)40)15-19-4-2-5-20(9-8-19)21-6-3-7-24(16-21)31(33,34)35;1-2/h3,6-14,16-17,27,37H,2,4-5,15H2,1H3,(H,36,38)(H,39,40);1-2H3. The summed E-state index contributed by atoms with van der Waals surface area (Å²) in [5.41, 5.74) is 2.56. The molecular formula is C33H33F4NO4. The summed E-state index contributed by atoms with van der Waals surface area (Å²) < 4.78 is 53.1. The summed E-state index contributed by atoms with van der Waals surface area (Å²) in [6.07, 6.45) is 0.511. The molecule has 3 aromatic carbocycles. The molecule has 0 aliphatic heterocycles. The molecule has 0 fully saturated rings. The molecule has 0 saturated carbocycles. The maximum Gasteiger partial charge on any atom is 0.416 e. The molecule has 0 saturated heterocycles. The molecule has 0 aromatic heterocycles. The largest absolute Gasteiger partial charge is 0.507 e. The summed E-state index contributed by atoms with van der Waals surface area (Å²) in [5, 5.41) is 22.6. The Balaban J connectivity index is 0.00000237. The fourth-order valence-corrected chi connectivity index (χ4v) is 4.62. The Morgan fingerprint density at radius 1 is 0.929 bits per heavy atom. The van der Waals surface area contributed by atoms with Crippen LogP contribution < -0.4 is 5.32 Å². The van der Waals surface area contributed by atoms with Gasteiger partial charge in [0.05, 0.1) is 11.1 Å². The number of alkyl halides is 3. The highest BCUT2D eigenvalue weighted by Crippen LogP contribution is 2.34. The van der Waals surface area contributed by atoms with Gasteiger partial charge in [-0.3, -0.25) is 4.79 Å². The van der Waals surface area contributed by atoms with Gasteiger partial charge in [-0.1, -0.05) is 55.8 Å². The maximum atomic E-state index is 13.7. The molecule has 5 nitrogen and oxygen atoms in total. The Hall–Kier alpha value is -4.40. The van der Waals surface area contributed by atoms with Crippen LogP contribution in [0.5, 0.6) is 5.75 Å². The number of nitrogens with one attached hydrogen (secondary N) is 1. The lowest BCUT2D eigenvalue weighted by Crippen LogP contribution is -2.41. The van der Waals surface area contributed by atoms with E-state index in [1.807, 2.05) is 13.8 Å². The van der Waals surface area contributed by atoms with E-state index >= 15 is 0 Å². The van der Waals surface area contributed by atoms with Gasteiger partial charge >= 0.3 is 12.1 Å². The SMILES string of the molecule is CC.Cc1cc(-c2ccc(O)c(C(=O)NC(CC3=CC=C(c4cccc(C(F)(F)F)c4)CCC3)C(=O)O)c2)ccc1F. The van der Waals surface area contributed by atoms with Crippen molar-refractivity contribution in [1.29, 1.82) is 0 Å². The number of aryl methyl sites for hydroxylation is 1. The van der Waals surface area contributed by atoms with Crippen LogP contribution in [0.2, 0.25) is 0 Å². The second-order valence-electron chi connectivity index (χ2n) is 9.71. The Kier molecular flexibility index (Phi) is 10.7. The molecule has 9 heteroatoms. The van der Waals surface area contributed by atoms with Crippen LogP contribution in [-0.2, 0) is 11.0 Å². The fraction of sp³-hybridized carbons (Fsp3) is 0.273. The highest BCUT2D eigenvalue weighted by atomic mass is 19.4. The number of benzene rings is 3. The van der Waals surface area contributed by atoms with Crippen molar-refractivity contribution in [2.45, 2.75) is 58.7 Å². The Bertz CT molecular complexity index is 1510. The Labute approximate surface area is 242 Å². The van der Waals surface area contributed by atoms with Crippen LogP contribution in [0, 0.1) is 12.7 Å². The topological polar surface area (TPSA) is 86.6 Å². The van der Waals surface area contributed by atoms with Crippen molar-refractivity contribution in [2.24, 2.45) is 0 Å². The van der Waals surface area contributed by atoms with Gasteiger partial charge in [0.15, 0.2) is 0 Å². The van der Waals surface area contributed by atoms with Crippen molar-refractivity contribution in [3.63, 3.8) is 0 Å². The van der Waals surface area contributed by atoms with E-state index in [9.17, 15) is 37.4 Å². The minimum atomic E-state index is -4.46. The molecule has 0 radical (unpaired) electrons. The number of rotatable bonds is 7. The molecule has 4 rings (SSSR count). The van der Waals surface area contributed by atoms with Crippen LogP contribution in [0.3, 0.4) is 0 Å². The van der Waals surface area contributed by atoms with Crippen molar-refractivity contribution < 1.29 is 37.4 Å². The van der Waals surface area contributed by atoms with Crippen molar-refractivity contribution in [1.82, 2.24) is 5.32 Å². The first kappa shape index (κ1) is 32.1. The lowest BCUT2D eigenvalue weighted by atomic mass is 9.98. The number of phenols is 1. The third-order valence-corrected chi connectivity index (χ3v) is 6.83. The number of hydrogen-bond acceptors (Lipinski definition) is 3. The van der Waals surface area contributed by atoms with E-state index in [1.54, 1.807) is 37.3 Å². The first-order valence-electron chi connectivity index (χ1n) is 13.6. The Morgan fingerprint density at radius 2 is 1.62 bits per heavy atom. The van der Waals surface area contributed by atoms with Gasteiger partial charge in [0.25, 0.3) is 5.91 Å². The number of halogens is 4. The number of allylic oxidation sites excluding steroid dienone is 3. The van der Waals surface area contributed by atoms with Gasteiger partial charge in [-0.25, -0.2) is 9.18 Å². The molecule has 1 aliphatic rings. The van der Waals surface area contributed by atoms with E-state index in [0.29, 0.717) is 47.1 Å². The minimum absolute atomic E-state index is 0.0228. The third kappa shape index (κ3) is 8.09. The molecule has 0 bridgehead atoms. The minimum Gasteiger partial charge on any atom is -0.507 e. The summed E-state index contributed by atoms with van der Waals surface area (Å²) in [7, 11) is 0. The Morgan fingerprint density at radius 3 is 2.29 bits per heavy atom. The predicted molar refractivity (Wildman–Crippen MR) is 154 cm³/mol. The summed E-state index contributed by atoms with van der Waals surface area (Å²) in [5.74, 6) is -2.79. The molecule has 1 aliphatic carbocycles. The van der Waals surface area contributed by atoms with Crippen LogP contribution in [0.1, 0.15) is 66.6 Å². The number of aromatic hydroxyl groups is 1. The predicted octanol–water partition coefficient (Wildman–Crippen LogP) is 8.32. The zero-order chi connectivity index (χ0) is 31.0.